The SMILES string of the molecule is [2H]c1nc(Cc2c([2H])c(OC)c(OC)c(OC)c2[2H])nc(Cc2nc3c(c([2H])c2[2H])OC(C)(C)C(=O)N3C([2H])([2H])OP(=O)([O-])[O-])c1F. The predicted molar refractivity (Wildman–Crippen MR) is 134 cm³/mol. The van der Waals surface area contributed by atoms with Crippen LogP contribution in [0.15, 0.2) is 30.3 Å². The number of ether oxygens (including phenoxy) is 4. The summed E-state index contributed by atoms with van der Waals surface area (Å²) in [4.78, 5) is 47.8. The molecule has 3 aromatic rings. The summed E-state index contributed by atoms with van der Waals surface area (Å²) in [5.41, 5.74) is -3.04. The highest BCUT2D eigenvalue weighted by Gasteiger charge is 2.42. The molecule has 0 unspecified atom stereocenters. The molecule has 0 radical (unpaired) electrons. The fraction of sp³-hybridized carbons (Fsp3) is 0.360. The maximum Gasteiger partial charge on any atom is 0.273 e. The molecule has 214 valence electrons. The molecular weight excluding hydrogens is 550 g/mol. The van der Waals surface area contributed by atoms with Gasteiger partial charge in [-0.2, -0.15) is 0 Å². The molecule has 0 saturated heterocycles. The molecule has 0 spiro atoms. The fourth-order valence-electron chi connectivity index (χ4n) is 3.54. The summed E-state index contributed by atoms with van der Waals surface area (Å²) in [5.74, 6) is -4.47. The highest BCUT2D eigenvalue weighted by molar-refractivity contribution is 7.43. The molecule has 0 aliphatic carbocycles. The van der Waals surface area contributed by atoms with Gasteiger partial charge >= 0.3 is 0 Å². The Hall–Kier alpha value is -3.84. The van der Waals surface area contributed by atoms with Gasteiger partial charge in [-0.3, -0.25) is 9.69 Å². The highest BCUT2D eigenvalue weighted by Crippen LogP contribution is 2.39. The van der Waals surface area contributed by atoms with Crippen LogP contribution >= 0.6 is 7.82 Å². The molecule has 2 aromatic heterocycles. The molecule has 0 fully saturated rings. The number of nitrogens with zero attached hydrogens (tertiary/aromatic N) is 4. The van der Waals surface area contributed by atoms with Crippen LogP contribution in [0, 0.1) is 5.82 Å². The van der Waals surface area contributed by atoms with Gasteiger partial charge in [0.2, 0.25) is 5.75 Å². The summed E-state index contributed by atoms with van der Waals surface area (Å²) in [5, 5.41) is 0. The van der Waals surface area contributed by atoms with E-state index in [1.165, 1.54) is 21.3 Å². The Morgan fingerprint density at radius 2 is 1.80 bits per heavy atom. The Morgan fingerprint density at radius 3 is 2.40 bits per heavy atom. The van der Waals surface area contributed by atoms with E-state index >= 15 is 4.39 Å². The first kappa shape index (κ1) is 21.0. The van der Waals surface area contributed by atoms with Gasteiger partial charge in [0.25, 0.3) is 5.91 Å². The van der Waals surface area contributed by atoms with Gasteiger partial charge < -0.3 is 37.8 Å². The van der Waals surface area contributed by atoms with E-state index in [0.29, 0.717) is 0 Å². The van der Waals surface area contributed by atoms with Crippen LogP contribution < -0.4 is 33.6 Å². The zero-order valence-corrected chi connectivity index (χ0v) is 22.6. The number of phosphoric acid groups is 1. The number of halogens is 1. The minimum absolute atomic E-state index is 0.0220. The summed E-state index contributed by atoms with van der Waals surface area (Å²) < 4.78 is 110. The second kappa shape index (κ2) is 11.3. The van der Waals surface area contributed by atoms with Crippen molar-refractivity contribution in [1.29, 1.82) is 0 Å². The average molecular weight is 584 g/mol. The van der Waals surface area contributed by atoms with Crippen molar-refractivity contribution in [3.63, 3.8) is 0 Å². The van der Waals surface area contributed by atoms with Crippen molar-refractivity contribution in [2.24, 2.45) is 0 Å². The molecule has 0 N–H and O–H groups in total. The first-order valence-electron chi connectivity index (χ1n) is 14.7. The monoisotopic (exact) mass is 583 g/mol. The maximum atomic E-state index is 15.2. The number of hydrogen-bond acceptors (Lipinski definition) is 12. The lowest BCUT2D eigenvalue weighted by atomic mass is 10.1. The Balaban J connectivity index is 1.85. The van der Waals surface area contributed by atoms with E-state index in [-0.39, 0.29) is 45.6 Å². The zero-order chi connectivity index (χ0) is 35.4. The molecule has 1 aliphatic rings. The smallest absolute Gasteiger partial charge is 0.273 e. The van der Waals surface area contributed by atoms with Crippen molar-refractivity contribution in [1.82, 2.24) is 15.0 Å². The number of carbonyl (C=O) groups is 1. The molecule has 1 amide bonds. The molecule has 4 rings (SSSR count). The first-order chi connectivity index (χ1) is 21.7. The van der Waals surface area contributed by atoms with Gasteiger partial charge in [-0.25, -0.2) is 19.3 Å². The third-order valence-electron chi connectivity index (χ3n) is 5.32. The lowest BCUT2D eigenvalue weighted by molar-refractivity contribution is -0.341. The van der Waals surface area contributed by atoms with E-state index in [4.69, 9.17) is 28.5 Å². The molecule has 15 heteroatoms. The van der Waals surface area contributed by atoms with Crippen LogP contribution in [0.3, 0.4) is 0 Å². The Labute approximate surface area is 238 Å². The van der Waals surface area contributed by atoms with Crippen LogP contribution in [0.4, 0.5) is 10.2 Å². The van der Waals surface area contributed by atoms with Crippen LogP contribution in [-0.4, -0.2) is 54.5 Å². The van der Waals surface area contributed by atoms with E-state index in [0.717, 1.165) is 13.8 Å². The lowest BCUT2D eigenvalue weighted by Crippen LogP contribution is -2.53. The molecule has 13 nitrogen and oxygen atoms in total. The van der Waals surface area contributed by atoms with Gasteiger partial charge in [0.1, 0.15) is 12.5 Å². The summed E-state index contributed by atoms with van der Waals surface area (Å²) in [7, 11) is -2.24. The normalized spacial score (nSPS) is 17.2. The molecule has 0 atom stereocenters. The molecule has 0 saturated carbocycles. The van der Waals surface area contributed by atoms with Crippen molar-refractivity contribution in [2.45, 2.75) is 32.3 Å². The Bertz CT molecular complexity index is 1800. The summed E-state index contributed by atoms with van der Waals surface area (Å²) >= 11 is 0. The minimum atomic E-state index is -6.05. The summed E-state index contributed by atoms with van der Waals surface area (Å²) in [6.07, 6.45) is -2.08. The number of hydrogen-bond donors (Lipinski definition) is 0. The number of amides is 1. The van der Waals surface area contributed by atoms with Crippen LogP contribution in [0.5, 0.6) is 23.0 Å². The molecule has 0 bridgehead atoms. The van der Waals surface area contributed by atoms with E-state index in [1.54, 1.807) is 0 Å². The highest BCUT2D eigenvalue weighted by atomic mass is 31.2. The molecule has 1 aliphatic heterocycles. The number of fused-ring (bicyclic) bond motifs is 1. The van der Waals surface area contributed by atoms with E-state index < -0.39 is 85.9 Å². The van der Waals surface area contributed by atoms with Crippen molar-refractivity contribution in [2.75, 3.05) is 32.9 Å². The number of carbonyl (C=O) groups excluding carboxylic acids is 1. The standard InChI is InChI=1S/C25H28FN4O9P/c1-25(2)24(31)30(13-38-40(32,33)34)23-18(39-25)7-6-15(28-23)11-17-16(26)12-27-21(29-17)10-14-8-19(35-3)22(37-5)20(9-14)36-4/h6-9,12H,10-11,13H2,1-5H3,(H2,32,33,34)/p-2/i6D,7D,8D,9D,12D,13D2. The predicted octanol–water partition coefficient (Wildman–Crippen LogP) is 1.52. The van der Waals surface area contributed by atoms with E-state index in [1.807, 2.05) is 0 Å². The number of pyridine rings is 1. The third kappa shape index (κ3) is 6.31. The van der Waals surface area contributed by atoms with Crippen LogP contribution in [0.25, 0.3) is 0 Å². The molecular formula is C25H26FN4O9P-2. The van der Waals surface area contributed by atoms with Gasteiger partial charge in [-0.05, 0) is 43.6 Å². The lowest BCUT2D eigenvalue weighted by Gasteiger charge is -2.39. The Kier molecular flexibility index (Phi) is 5.95. The molecule has 3 heterocycles. The number of benzene rings is 1. The molecule has 40 heavy (non-hydrogen) atoms. The third-order valence-corrected chi connectivity index (χ3v) is 5.62. The second-order valence-electron chi connectivity index (χ2n) is 8.54. The van der Waals surface area contributed by atoms with Crippen molar-refractivity contribution in [3.8, 4) is 23.0 Å². The first-order valence-corrected chi connectivity index (χ1v) is 12.7. The fourth-order valence-corrected chi connectivity index (χ4v) is 3.72. The number of aromatic nitrogens is 3. The van der Waals surface area contributed by atoms with Crippen molar-refractivity contribution in [3.05, 3.63) is 58.9 Å². The van der Waals surface area contributed by atoms with Crippen LogP contribution in [0.2, 0.25) is 0 Å². The maximum absolute atomic E-state index is 15.2. The minimum Gasteiger partial charge on any atom is -0.790 e. The van der Waals surface area contributed by atoms with Crippen molar-refractivity contribution >= 4 is 19.5 Å². The number of methoxy groups -OCH3 is 3. The van der Waals surface area contributed by atoms with E-state index in [9.17, 15) is 19.1 Å². The summed E-state index contributed by atoms with van der Waals surface area (Å²) in [6, 6.07) is -2.06. The quantitative estimate of drug-likeness (QED) is 0.316. The average Bonchev–Trinajstić information content (AvgIpc) is 2.95. The van der Waals surface area contributed by atoms with Gasteiger partial charge in [-0.1, -0.05) is 0 Å². The second-order valence-corrected chi connectivity index (χ2v) is 9.62. The molecule has 1 aromatic carbocycles. The van der Waals surface area contributed by atoms with Crippen LogP contribution in [0.1, 0.15) is 46.2 Å². The number of phosphoric ester groups is 1. The zero-order valence-electron chi connectivity index (χ0n) is 28.7. The van der Waals surface area contributed by atoms with Gasteiger partial charge in [0.15, 0.2) is 34.5 Å². The van der Waals surface area contributed by atoms with Gasteiger partial charge in [0, 0.05) is 18.5 Å². The summed E-state index contributed by atoms with van der Waals surface area (Å²) in [6.45, 7) is -1.37. The van der Waals surface area contributed by atoms with Gasteiger partial charge in [0.05, 0.1) is 50.6 Å². The largest absolute Gasteiger partial charge is 0.790 e. The Morgan fingerprint density at radius 1 is 1.12 bits per heavy atom. The van der Waals surface area contributed by atoms with Crippen molar-refractivity contribution < 1.29 is 56.6 Å². The van der Waals surface area contributed by atoms with E-state index in [2.05, 4.69) is 19.5 Å². The topological polar surface area (TPSA) is 168 Å². The van der Waals surface area contributed by atoms with Crippen LogP contribution in [-0.2, 0) is 26.7 Å². The van der Waals surface area contributed by atoms with Gasteiger partial charge in [-0.15, -0.1) is 0 Å². The number of rotatable bonds is 10. The number of anilines is 1.